The van der Waals surface area contributed by atoms with Crippen LogP contribution in [-0.4, -0.2) is 14.2 Å². The predicted molar refractivity (Wildman–Crippen MR) is 69.9 cm³/mol. The molecule has 1 heterocycles. The second kappa shape index (κ2) is 5.21. The number of ether oxygens (including phenoxy) is 2. The molecule has 3 nitrogen and oxygen atoms in total. The van der Waals surface area contributed by atoms with E-state index < -0.39 is 0 Å². The van der Waals surface area contributed by atoms with Crippen LogP contribution >= 0.6 is 11.3 Å². The Kier molecular flexibility index (Phi) is 3.66. The number of hydrogen-bond acceptors (Lipinski definition) is 4. The minimum absolute atomic E-state index is 0.140. The largest absolute Gasteiger partial charge is 0.497 e. The fraction of sp³-hybridized carbons (Fsp3) is 0.231. The number of methoxy groups -OCH3 is 2. The summed E-state index contributed by atoms with van der Waals surface area (Å²) in [5, 5.41) is 2.02. The van der Waals surface area contributed by atoms with Crippen LogP contribution in [-0.2, 0) is 0 Å². The van der Waals surface area contributed by atoms with Gasteiger partial charge in [0.05, 0.1) is 20.3 Å². The van der Waals surface area contributed by atoms with E-state index in [9.17, 15) is 0 Å². The van der Waals surface area contributed by atoms with Gasteiger partial charge in [-0.1, -0.05) is 6.07 Å². The van der Waals surface area contributed by atoms with Gasteiger partial charge in [0.25, 0.3) is 0 Å². The van der Waals surface area contributed by atoms with E-state index in [0.717, 1.165) is 21.9 Å². The fourth-order valence-corrected chi connectivity index (χ4v) is 2.40. The van der Waals surface area contributed by atoms with Crippen LogP contribution in [0.4, 0.5) is 0 Å². The molecule has 17 heavy (non-hydrogen) atoms. The van der Waals surface area contributed by atoms with Crippen LogP contribution in [0.5, 0.6) is 11.5 Å². The van der Waals surface area contributed by atoms with Gasteiger partial charge in [-0.25, -0.2) is 0 Å². The highest BCUT2D eigenvalue weighted by atomic mass is 32.1. The maximum absolute atomic E-state index is 6.21. The molecule has 0 saturated carbocycles. The number of nitrogens with two attached hydrogens (primary N) is 1. The molecule has 0 amide bonds. The van der Waals surface area contributed by atoms with E-state index in [1.807, 2.05) is 35.7 Å². The van der Waals surface area contributed by atoms with Crippen LogP contribution in [0, 0.1) is 0 Å². The molecule has 4 heteroatoms. The molecule has 0 aliphatic rings. The van der Waals surface area contributed by atoms with Crippen LogP contribution < -0.4 is 15.2 Å². The summed E-state index contributed by atoms with van der Waals surface area (Å²) in [5.74, 6) is 1.51. The summed E-state index contributed by atoms with van der Waals surface area (Å²) in [4.78, 5) is 1.13. The number of thiophene rings is 1. The Morgan fingerprint density at radius 3 is 2.24 bits per heavy atom. The average molecular weight is 249 g/mol. The highest BCUT2D eigenvalue weighted by Crippen LogP contribution is 2.30. The van der Waals surface area contributed by atoms with Crippen molar-refractivity contribution < 1.29 is 9.47 Å². The van der Waals surface area contributed by atoms with Crippen LogP contribution in [0.15, 0.2) is 35.7 Å². The Labute approximate surface area is 105 Å². The van der Waals surface area contributed by atoms with Gasteiger partial charge in [0.1, 0.15) is 11.5 Å². The van der Waals surface area contributed by atoms with Crippen molar-refractivity contribution >= 4 is 11.3 Å². The normalized spacial score (nSPS) is 12.2. The first kappa shape index (κ1) is 12.0. The van der Waals surface area contributed by atoms with E-state index in [2.05, 4.69) is 0 Å². The molecule has 1 atom stereocenters. The lowest BCUT2D eigenvalue weighted by Crippen LogP contribution is -2.10. The Hall–Kier alpha value is -1.52. The molecule has 0 unspecified atom stereocenters. The molecule has 0 fully saturated rings. The van der Waals surface area contributed by atoms with Gasteiger partial charge >= 0.3 is 0 Å². The highest BCUT2D eigenvalue weighted by Gasteiger charge is 2.12. The lowest BCUT2D eigenvalue weighted by molar-refractivity contribution is 0.393. The molecule has 2 aromatic rings. The second-order valence-electron chi connectivity index (χ2n) is 3.64. The topological polar surface area (TPSA) is 44.5 Å². The van der Waals surface area contributed by atoms with E-state index >= 15 is 0 Å². The summed E-state index contributed by atoms with van der Waals surface area (Å²) in [6, 6.07) is 9.60. The first-order valence-corrected chi connectivity index (χ1v) is 6.14. The van der Waals surface area contributed by atoms with Crippen molar-refractivity contribution in [3.63, 3.8) is 0 Å². The van der Waals surface area contributed by atoms with Crippen LogP contribution in [0.2, 0.25) is 0 Å². The van der Waals surface area contributed by atoms with Crippen molar-refractivity contribution in [1.82, 2.24) is 0 Å². The van der Waals surface area contributed by atoms with Gasteiger partial charge in [0, 0.05) is 10.9 Å². The number of benzene rings is 1. The van der Waals surface area contributed by atoms with Crippen LogP contribution in [0.25, 0.3) is 0 Å². The van der Waals surface area contributed by atoms with E-state index in [-0.39, 0.29) is 6.04 Å². The molecule has 0 aliphatic heterocycles. The number of rotatable bonds is 4. The predicted octanol–water partition coefficient (Wildman–Crippen LogP) is 2.81. The van der Waals surface area contributed by atoms with Crippen molar-refractivity contribution in [1.29, 1.82) is 0 Å². The summed E-state index contributed by atoms with van der Waals surface area (Å²) in [7, 11) is 3.27. The minimum atomic E-state index is -0.140. The summed E-state index contributed by atoms with van der Waals surface area (Å²) in [6.45, 7) is 0. The van der Waals surface area contributed by atoms with Crippen molar-refractivity contribution in [2.75, 3.05) is 14.2 Å². The lowest BCUT2D eigenvalue weighted by atomic mass is 10.1. The standard InChI is InChI=1S/C13H15NO2S/c1-15-10-6-9(7-11(8-10)16-2)13(14)12-4-3-5-17-12/h3-8,13H,14H2,1-2H3/t13-/m0/s1. The Bertz CT molecular complexity index is 460. The zero-order valence-corrected chi connectivity index (χ0v) is 10.7. The molecule has 90 valence electrons. The maximum Gasteiger partial charge on any atom is 0.122 e. The smallest absolute Gasteiger partial charge is 0.122 e. The van der Waals surface area contributed by atoms with Crippen molar-refractivity contribution in [3.05, 3.63) is 46.2 Å². The van der Waals surface area contributed by atoms with E-state index in [4.69, 9.17) is 15.2 Å². The second-order valence-corrected chi connectivity index (χ2v) is 4.62. The van der Waals surface area contributed by atoms with Gasteiger partial charge in [0.15, 0.2) is 0 Å². The average Bonchev–Trinajstić information content (AvgIpc) is 2.91. The van der Waals surface area contributed by atoms with Crippen LogP contribution in [0.3, 0.4) is 0 Å². The molecule has 0 bridgehead atoms. The monoisotopic (exact) mass is 249 g/mol. The molecule has 2 N–H and O–H groups in total. The molecule has 1 aromatic carbocycles. The van der Waals surface area contributed by atoms with Gasteiger partial charge in [-0.2, -0.15) is 0 Å². The van der Waals surface area contributed by atoms with Crippen molar-refractivity contribution in [2.24, 2.45) is 5.73 Å². The van der Waals surface area contributed by atoms with E-state index in [1.54, 1.807) is 25.6 Å². The SMILES string of the molecule is COc1cc(OC)cc([C@H](N)c2cccs2)c1. The first-order chi connectivity index (χ1) is 8.24. The third kappa shape index (κ3) is 2.60. The Morgan fingerprint density at radius 1 is 1.12 bits per heavy atom. The maximum atomic E-state index is 6.21. The van der Waals surface area contributed by atoms with Gasteiger partial charge in [-0.05, 0) is 29.1 Å². The van der Waals surface area contributed by atoms with Crippen LogP contribution in [0.1, 0.15) is 16.5 Å². The summed E-state index contributed by atoms with van der Waals surface area (Å²) >= 11 is 1.65. The van der Waals surface area contributed by atoms with Crippen molar-refractivity contribution in [2.45, 2.75) is 6.04 Å². The number of hydrogen-bond donors (Lipinski definition) is 1. The van der Waals surface area contributed by atoms with E-state index in [1.165, 1.54) is 0 Å². The third-order valence-electron chi connectivity index (χ3n) is 2.58. The Morgan fingerprint density at radius 2 is 1.76 bits per heavy atom. The zero-order chi connectivity index (χ0) is 12.3. The minimum Gasteiger partial charge on any atom is -0.497 e. The van der Waals surface area contributed by atoms with E-state index in [0.29, 0.717) is 0 Å². The molecular formula is C13H15NO2S. The van der Waals surface area contributed by atoms with Gasteiger partial charge in [0.2, 0.25) is 0 Å². The quantitative estimate of drug-likeness (QED) is 0.906. The molecule has 1 aromatic heterocycles. The summed E-state index contributed by atoms with van der Waals surface area (Å²) in [5.41, 5.74) is 7.20. The molecule has 2 rings (SSSR count). The molecular weight excluding hydrogens is 234 g/mol. The molecule has 0 spiro atoms. The summed E-state index contributed by atoms with van der Waals surface area (Å²) in [6.07, 6.45) is 0. The lowest BCUT2D eigenvalue weighted by Gasteiger charge is -2.13. The Balaban J connectivity index is 2.37. The molecule has 0 radical (unpaired) electrons. The van der Waals surface area contributed by atoms with Gasteiger partial charge in [-0.3, -0.25) is 0 Å². The molecule has 0 saturated heterocycles. The first-order valence-electron chi connectivity index (χ1n) is 5.26. The molecule has 0 aliphatic carbocycles. The fourth-order valence-electron chi connectivity index (χ4n) is 1.64. The third-order valence-corrected chi connectivity index (χ3v) is 3.54. The zero-order valence-electron chi connectivity index (χ0n) is 9.84. The highest BCUT2D eigenvalue weighted by molar-refractivity contribution is 7.10. The van der Waals surface area contributed by atoms with Crippen molar-refractivity contribution in [3.8, 4) is 11.5 Å². The summed E-state index contributed by atoms with van der Waals surface area (Å²) < 4.78 is 10.5. The van der Waals surface area contributed by atoms with Gasteiger partial charge < -0.3 is 15.2 Å². The van der Waals surface area contributed by atoms with Gasteiger partial charge in [-0.15, -0.1) is 11.3 Å².